The van der Waals surface area contributed by atoms with E-state index in [2.05, 4.69) is 5.32 Å². The number of rotatable bonds is 6. The van der Waals surface area contributed by atoms with Gasteiger partial charge < -0.3 is 9.73 Å². The van der Waals surface area contributed by atoms with Crippen LogP contribution in [-0.2, 0) is 16.6 Å². The van der Waals surface area contributed by atoms with Crippen LogP contribution in [0.2, 0.25) is 0 Å². The van der Waals surface area contributed by atoms with Gasteiger partial charge in [0.2, 0.25) is 0 Å². The molecule has 0 fully saturated rings. The molecule has 1 N–H and O–H groups in total. The highest BCUT2D eigenvalue weighted by Gasteiger charge is 2.21. The Labute approximate surface area is 152 Å². The topological polar surface area (TPSA) is 79.6 Å². The van der Waals surface area contributed by atoms with Crippen molar-refractivity contribution in [1.29, 1.82) is 0 Å². The van der Waals surface area contributed by atoms with E-state index in [0.29, 0.717) is 17.0 Å². The van der Waals surface area contributed by atoms with Gasteiger partial charge in [-0.15, -0.1) is 0 Å². The van der Waals surface area contributed by atoms with Crippen LogP contribution >= 0.6 is 0 Å². The summed E-state index contributed by atoms with van der Waals surface area (Å²) in [6.45, 7) is 0.266. The Morgan fingerprint density at radius 3 is 2.31 bits per heavy atom. The van der Waals surface area contributed by atoms with Gasteiger partial charge in [-0.3, -0.25) is 9.10 Å². The zero-order chi connectivity index (χ0) is 18.6. The number of nitrogens with zero attached hydrogens (tertiary/aromatic N) is 1. The smallest absolute Gasteiger partial charge is 0.264 e. The fourth-order valence-electron chi connectivity index (χ4n) is 2.40. The number of amides is 1. The second kappa shape index (κ2) is 7.45. The SMILES string of the molecule is CN(c1ccccc1)S(=O)(=O)c1ccc(C(=O)NCc2ccco2)cc1. The number of hydrogen-bond donors (Lipinski definition) is 1. The summed E-state index contributed by atoms with van der Waals surface area (Å²) in [4.78, 5) is 12.3. The molecule has 26 heavy (non-hydrogen) atoms. The summed E-state index contributed by atoms with van der Waals surface area (Å²) in [7, 11) is -2.20. The molecule has 0 atom stereocenters. The highest BCUT2D eigenvalue weighted by Crippen LogP contribution is 2.21. The van der Waals surface area contributed by atoms with Crippen molar-refractivity contribution in [3.05, 3.63) is 84.3 Å². The molecule has 0 aliphatic heterocycles. The predicted octanol–water partition coefficient (Wildman–Crippen LogP) is 3.03. The molecule has 3 rings (SSSR count). The molecule has 1 amide bonds. The molecule has 0 saturated carbocycles. The summed E-state index contributed by atoms with van der Waals surface area (Å²) < 4.78 is 31.8. The quantitative estimate of drug-likeness (QED) is 0.723. The van der Waals surface area contributed by atoms with E-state index in [1.165, 1.54) is 41.9 Å². The Hall–Kier alpha value is -3.06. The van der Waals surface area contributed by atoms with Crippen molar-refractivity contribution >= 4 is 21.6 Å². The number of furan rings is 1. The van der Waals surface area contributed by atoms with Gasteiger partial charge in [0.05, 0.1) is 23.4 Å². The summed E-state index contributed by atoms with van der Waals surface area (Å²) in [5.74, 6) is 0.337. The first-order valence-electron chi connectivity index (χ1n) is 7.93. The Morgan fingerprint density at radius 1 is 1.00 bits per heavy atom. The monoisotopic (exact) mass is 370 g/mol. The van der Waals surface area contributed by atoms with Crippen LogP contribution in [0.4, 0.5) is 5.69 Å². The standard InChI is InChI=1S/C19H18N2O4S/c1-21(16-6-3-2-4-7-16)26(23,24)18-11-9-15(10-12-18)19(22)20-14-17-8-5-13-25-17/h2-13H,14H2,1H3,(H,20,22). The van der Waals surface area contributed by atoms with E-state index in [1.54, 1.807) is 36.4 Å². The number of carbonyl (C=O) groups excluding carboxylic acids is 1. The maximum atomic E-state index is 12.7. The minimum Gasteiger partial charge on any atom is -0.467 e. The molecule has 0 aliphatic carbocycles. The largest absolute Gasteiger partial charge is 0.467 e. The van der Waals surface area contributed by atoms with E-state index < -0.39 is 10.0 Å². The molecular formula is C19H18N2O4S. The molecule has 0 saturated heterocycles. The summed E-state index contributed by atoms with van der Waals surface area (Å²) in [6, 6.07) is 18.1. The third kappa shape index (κ3) is 3.78. The van der Waals surface area contributed by atoms with Gasteiger partial charge in [-0.05, 0) is 48.5 Å². The molecule has 134 valence electrons. The van der Waals surface area contributed by atoms with Crippen LogP contribution in [0.5, 0.6) is 0 Å². The number of benzene rings is 2. The number of hydrogen-bond acceptors (Lipinski definition) is 4. The molecule has 1 aromatic heterocycles. The van der Waals surface area contributed by atoms with Gasteiger partial charge in [-0.25, -0.2) is 8.42 Å². The average Bonchev–Trinajstić information content (AvgIpc) is 3.20. The summed E-state index contributed by atoms with van der Waals surface area (Å²) in [5, 5.41) is 2.72. The third-order valence-corrected chi connectivity index (χ3v) is 5.70. The lowest BCUT2D eigenvalue weighted by Crippen LogP contribution is -2.27. The van der Waals surface area contributed by atoms with Crippen molar-refractivity contribution in [2.24, 2.45) is 0 Å². The second-order valence-corrected chi connectivity index (χ2v) is 7.56. The molecule has 1 heterocycles. The fourth-order valence-corrected chi connectivity index (χ4v) is 3.59. The maximum Gasteiger partial charge on any atom is 0.264 e. The number of para-hydroxylation sites is 1. The minimum atomic E-state index is -3.70. The van der Waals surface area contributed by atoms with Crippen LogP contribution in [0.15, 0.2) is 82.3 Å². The van der Waals surface area contributed by atoms with Crippen molar-refractivity contribution in [2.75, 3.05) is 11.4 Å². The molecular weight excluding hydrogens is 352 g/mol. The van der Waals surface area contributed by atoms with Crippen molar-refractivity contribution in [1.82, 2.24) is 5.32 Å². The third-order valence-electron chi connectivity index (χ3n) is 3.90. The molecule has 0 aliphatic rings. The molecule has 7 heteroatoms. The van der Waals surface area contributed by atoms with Crippen LogP contribution in [0.3, 0.4) is 0 Å². The first-order chi connectivity index (χ1) is 12.5. The van der Waals surface area contributed by atoms with Crippen molar-refractivity contribution in [3.63, 3.8) is 0 Å². The summed E-state index contributed by atoms with van der Waals surface area (Å²) in [5.41, 5.74) is 0.936. The highest BCUT2D eigenvalue weighted by atomic mass is 32.2. The van der Waals surface area contributed by atoms with Gasteiger partial charge in [0.15, 0.2) is 0 Å². The molecule has 0 bridgehead atoms. The predicted molar refractivity (Wildman–Crippen MR) is 98.4 cm³/mol. The van der Waals surface area contributed by atoms with Gasteiger partial charge in [0.1, 0.15) is 5.76 Å². The van der Waals surface area contributed by atoms with E-state index in [0.717, 1.165) is 0 Å². The van der Waals surface area contributed by atoms with Crippen LogP contribution in [0.25, 0.3) is 0 Å². The van der Waals surface area contributed by atoms with E-state index in [4.69, 9.17) is 4.42 Å². The molecule has 6 nitrogen and oxygen atoms in total. The van der Waals surface area contributed by atoms with Gasteiger partial charge in [0, 0.05) is 12.6 Å². The molecule has 0 unspecified atom stereocenters. The first-order valence-corrected chi connectivity index (χ1v) is 9.37. The maximum absolute atomic E-state index is 12.7. The zero-order valence-electron chi connectivity index (χ0n) is 14.1. The lowest BCUT2D eigenvalue weighted by atomic mass is 10.2. The lowest BCUT2D eigenvalue weighted by Gasteiger charge is -2.19. The zero-order valence-corrected chi connectivity index (χ0v) is 14.9. The Bertz CT molecular complexity index is 966. The van der Waals surface area contributed by atoms with Gasteiger partial charge in [0.25, 0.3) is 15.9 Å². The minimum absolute atomic E-state index is 0.117. The Morgan fingerprint density at radius 2 is 1.69 bits per heavy atom. The second-order valence-electron chi connectivity index (χ2n) is 5.59. The van der Waals surface area contributed by atoms with Gasteiger partial charge in [-0.1, -0.05) is 18.2 Å². The van der Waals surface area contributed by atoms with E-state index in [1.807, 2.05) is 6.07 Å². The van der Waals surface area contributed by atoms with Crippen molar-refractivity contribution in [2.45, 2.75) is 11.4 Å². The summed E-state index contributed by atoms with van der Waals surface area (Å²) in [6.07, 6.45) is 1.53. The average molecular weight is 370 g/mol. The van der Waals surface area contributed by atoms with Crippen LogP contribution in [0, 0.1) is 0 Å². The molecule has 3 aromatic rings. The molecule has 2 aromatic carbocycles. The van der Waals surface area contributed by atoms with Gasteiger partial charge in [-0.2, -0.15) is 0 Å². The van der Waals surface area contributed by atoms with Crippen molar-refractivity contribution in [3.8, 4) is 0 Å². The number of nitrogens with one attached hydrogen (secondary N) is 1. The summed E-state index contributed by atoms with van der Waals surface area (Å²) >= 11 is 0. The lowest BCUT2D eigenvalue weighted by molar-refractivity contribution is 0.0948. The van der Waals surface area contributed by atoms with Crippen LogP contribution in [0.1, 0.15) is 16.1 Å². The van der Waals surface area contributed by atoms with Gasteiger partial charge >= 0.3 is 0 Å². The number of sulfonamides is 1. The molecule has 0 radical (unpaired) electrons. The van der Waals surface area contributed by atoms with Crippen molar-refractivity contribution < 1.29 is 17.6 Å². The highest BCUT2D eigenvalue weighted by molar-refractivity contribution is 7.92. The normalized spacial score (nSPS) is 11.1. The van der Waals surface area contributed by atoms with Crippen LogP contribution < -0.4 is 9.62 Å². The number of anilines is 1. The Kier molecular flexibility index (Phi) is 5.09. The van der Waals surface area contributed by atoms with E-state index in [9.17, 15) is 13.2 Å². The van der Waals surface area contributed by atoms with E-state index >= 15 is 0 Å². The van der Waals surface area contributed by atoms with Crippen LogP contribution in [-0.4, -0.2) is 21.4 Å². The number of carbonyl (C=O) groups is 1. The molecule has 0 spiro atoms. The Balaban J connectivity index is 1.73. The fraction of sp³-hybridized carbons (Fsp3) is 0.105. The van der Waals surface area contributed by atoms with E-state index in [-0.39, 0.29) is 17.3 Å². The first kappa shape index (κ1) is 17.8.